The maximum Gasteiger partial charge on any atom is 0.123 e. The van der Waals surface area contributed by atoms with Crippen LogP contribution >= 0.6 is 0 Å². The Bertz CT molecular complexity index is 753. The third-order valence-electron chi connectivity index (χ3n) is 6.09. The minimum absolute atomic E-state index is 0.0346. The van der Waals surface area contributed by atoms with Crippen LogP contribution in [0.25, 0.3) is 0 Å². The summed E-state index contributed by atoms with van der Waals surface area (Å²) in [5.74, 6) is 1.71. The second-order valence-electron chi connectivity index (χ2n) is 8.01. The quantitative estimate of drug-likeness (QED) is 0.849. The molecule has 0 saturated heterocycles. The smallest absolute Gasteiger partial charge is 0.123 e. The van der Waals surface area contributed by atoms with Crippen molar-refractivity contribution in [3.63, 3.8) is 0 Å². The summed E-state index contributed by atoms with van der Waals surface area (Å²) < 4.78 is 19.0. The molecule has 0 bridgehead atoms. The largest absolute Gasteiger partial charge is 0.489 e. The normalized spacial score (nSPS) is 30.8. The molecule has 2 aliphatic rings. The van der Waals surface area contributed by atoms with Crippen LogP contribution in [0.1, 0.15) is 49.1 Å². The van der Waals surface area contributed by atoms with Crippen molar-refractivity contribution in [2.24, 2.45) is 17.4 Å². The van der Waals surface area contributed by atoms with E-state index in [0.29, 0.717) is 24.5 Å². The van der Waals surface area contributed by atoms with Gasteiger partial charge in [0.05, 0.1) is 0 Å². The van der Waals surface area contributed by atoms with Crippen LogP contribution in [0, 0.1) is 11.7 Å². The molecule has 0 radical (unpaired) electrons. The lowest BCUT2D eigenvalue weighted by Gasteiger charge is -2.36. The van der Waals surface area contributed by atoms with Gasteiger partial charge in [-0.3, -0.25) is 0 Å². The van der Waals surface area contributed by atoms with Crippen molar-refractivity contribution in [1.29, 1.82) is 0 Å². The second kappa shape index (κ2) is 7.01. The number of hydrogen-bond acceptors (Lipinski definition) is 3. The van der Waals surface area contributed by atoms with Crippen LogP contribution in [-0.4, -0.2) is 11.6 Å². The van der Waals surface area contributed by atoms with E-state index in [1.54, 1.807) is 6.07 Å². The zero-order valence-corrected chi connectivity index (χ0v) is 15.0. The lowest BCUT2D eigenvalue weighted by Crippen LogP contribution is -2.48. The van der Waals surface area contributed by atoms with Crippen molar-refractivity contribution >= 4 is 0 Å². The van der Waals surface area contributed by atoms with E-state index in [0.717, 1.165) is 37.0 Å². The standard InChI is InChI=1S/C22H27FN2O/c23-17-3-1-2-15(12-17)14-26-19-6-4-16(5-7-19)20-13-21(20)22(25)10-8-18(24)9-11-22/h1-7,12,18,20-21H,8-11,13-14,24-25H2/t18?,20-,21+,22?/m0/s1. The van der Waals surface area contributed by atoms with Gasteiger partial charge in [0.15, 0.2) is 0 Å². The molecule has 0 amide bonds. The fraction of sp³-hybridized carbons (Fsp3) is 0.455. The van der Waals surface area contributed by atoms with E-state index in [4.69, 9.17) is 16.2 Å². The van der Waals surface area contributed by atoms with Gasteiger partial charge in [-0.25, -0.2) is 4.39 Å². The van der Waals surface area contributed by atoms with Crippen molar-refractivity contribution < 1.29 is 9.13 Å². The Morgan fingerprint density at radius 3 is 2.50 bits per heavy atom. The molecule has 2 fully saturated rings. The Hall–Kier alpha value is -1.91. The van der Waals surface area contributed by atoms with E-state index in [9.17, 15) is 4.39 Å². The summed E-state index contributed by atoms with van der Waals surface area (Å²) in [4.78, 5) is 0. The molecule has 4 rings (SSSR count). The van der Waals surface area contributed by atoms with E-state index < -0.39 is 0 Å². The van der Waals surface area contributed by atoms with Gasteiger partial charge in [0, 0.05) is 11.6 Å². The van der Waals surface area contributed by atoms with Gasteiger partial charge in [0.25, 0.3) is 0 Å². The van der Waals surface area contributed by atoms with Crippen LogP contribution in [0.15, 0.2) is 48.5 Å². The van der Waals surface area contributed by atoms with Crippen LogP contribution < -0.4 is 16.2 Å². The molecule has 0 aliphatic heterocycles. The summed E-state index contributed by atoms with van der Waals surface area (Å²) in [6.07, 6.45) is 5.36. The number of halogens is 1. The summed E-state index contributed by atoms with van der Waals surface area (Å²) in [5, 5.41) is 0. The van der Waals surface area contributed by atoms with E-state index in [2.05, 4.69) is 12.1 Å². The van der Waals surface area contributed by atoms with Gasteiger partial charge < -0.3 is 16.2 Å². The minimum Gasteiger partial charge on any atom is -0.489 e. The van der Waals surface area contributed by atoms with Gasteiger partial charge in [-0.15, -0.1) is 0 Å². The molecule has 2 atom stereocenters. The average Bonchev–Trinajstić information content (AvgIpc) is 3.45. The average molecular weight is 354 g/mol. The highest BCUT2D eigenvalue weighted by Crippen LogP contribution is 2.56. The van der Waals surface area contributed by atoms with E-state index >= 15 is 0 Å². The third kappa shape index (κ3) is 3.76. The Labute approximate surface area is 154 Å². The summed E-state index contributed by atoms with van der Waals surface area (Å²) in [6, 6.07) is 15.1. The van der Waals surface area contributed by atoms with Gasteiger partial charge in [0.2, 0.25) is 0 Å². The van der Waals surface area contributed by atoms with Crippen LogP contribution in [0.3, 0.4) is 0 Å². The summed E-state index contributed by atoms with van der Waals surface area (Å²) in [6.45, 7) is 0.370. The molecule has 0 heterocycles. The molecule has 0 aromatic heterocycles. The lowest BCUT2D eigenvalue weighted by molar-refractivity contribution is 0.239. The molecule has 0 spiro atoms. The molecule has 4 heteroatoms. The Balaban J connectivity index is 1.34. The fourth-order valence-corrected chi connectivity index (χ4v) is 4.35. The molecule has 2 saturated carbocycles. The minimum atomic E-state index is -0.236. The first-order valence-electron chi connectivity index (χ1n) is 9.55. The molecule has 4 N–H and O–H groups in total. The lowest BCUT2D eigenvalue weighted by atomic mass is 9.76. The zero-order valence-electron chi connectivity index (χ0n) is 15.0. The first-order chi connectivity index (χ1) is 12.5. The molecule has 2 aromatic carbocycles. The van der Waals surface area contributed by atoms with Gasteiger partial charge in [-0.1, -0.05) is 24.3 Å². The van der Waals surface area contributed by atoms with Gasteiger partial charge >= 0.3 is 0 Å². The van der Waals surface area contributed by atoms with E-state index in [1.165, 1.54) is 24.1 Å². The molecule has 2 aromatic rings. The van der Waals surface area contributed by atoms with Crippen LogP contribution in [-0.2, 0) is 6.61 Å². The fourth-order valence-electron chi connectivity index (χ4n) is 4.35. The summed E-state index contributed by atoms with van der Waals surface area (Å²) in [7, 11) is 0. The van der Waals surface area contributed by atoms with E-state index in [-0.39, 0.29) is 11.4 Å². The van der Waals surface area contributed by atoms with Gasteiger partial charge in [0.1, 0.15) is 18.2 Å². The maximum absolute atomic E-state index is 13.2. The van der Waals surface area contributed by atoms with Crippen molar-refractivity contribution in [3.8, 4) is 5.75 Å². The van der Waals surface area contributed by atoms with Crippen molar-refractivity contribution in [2.45, 2.75) is 56.2 Å². The Kier molecular flexibility index (Phi) is 4.72. The van der Waals surface area contributed by atoms with Crippen LogP contribution in [0.2, 0.25) is 0 Å². The van der Waals surface area contributed by atoms with Gasteiger partial charge in [-0.05, 0) is 79.3 Å². The van der Waals surface area contributed by atoms with Crippen LogP contribution in [0.5, 0.6) is 5.75 Å². The molecule has 26 heavy (non-hydrogen) atoms. The third-order valence-corrected chi connectivity index (χ3v) is 6.09. The highest BCUT2D eigenvalue weighted by atomic mass is 19.1. The molecular weight excluding hydrogens is 327 g/mol. The molecule has 3 nitrogen and oxygen atoms in total. The summed E-state index contributed by atoms with van der Waals surface area (Å²) >= 11 is 0. The van der Waals surface area contributed by atoms with Crippen LogP contribution in [0.4, 0.5) is 4.39 Å². The molecule has 0 unspecified atom stereocenters. The Morgan fingerprint density at radius 2 is 1.81 bits per heavy atom. The number of benzene rings is 2. The van der Waals surface area contributed by atoms with Crippen molar-refractivity contribution in [1.82, 2.24) is 0 Å². The number of hydrogen-bond donors (Lipinski definition) is 2. The number of rotatable bonds is 5. The number of nitrogens with two attached hydrogens (primary N) is 2. The molecule has 138 valence electrons. The van der Waals surface area contributed by atoms with Crippen molar-refractivity contribution in [2.75, 3.05) is 0 Å². The zero-order chi connectivity index (χ0) is 18.1. The predicted molar refractivity (Wildman–Crippen MR) is 101 cm³/mol. The Morgan fingerprint density at radius 1 is 1.08 bits per heavy atom. The monoisotopic (exact) mass is 354 g/mol. The van der Waals surface area contributed by atoms with E-state index in [1.807, 2.05) is 18.2 Å². The highest BCUT2D eigenvalue weighted by Gasteiger charge is 2.51. The SMILES string of the molecule is NC1CCC(N)([C@@H]2C[C@H]2c2ccc(OCc3cccc(F)c3)cc2)CC1. The van der Waals surface area contributed by atoms with Crippen molar-refractivity contribution in [3.05, 3.63) is 65.5 Å². The molecular formula is C22H27FN2O. The van der Waals surface area contributed by atoms with Gasteiger partial charge in [-0.2, -0.15) is 0 Å². The first kappa shape index (κ1) is 17.5. The number of ether oxygens (including phenoxy) is 1. The first-order valence-corrected chi connectivity index (χ1v) is 9.55. The second-order valence-corrected chi connectivity index (χ2v) is 8.01. The highest BCUT2D eigenvalue weighted by molar-refractivity contribution is 5.34. The predicted octanol–water partition coefficient (Wildman–Crippen LogP) is 4.11. The molecule has 2 aliphatic carbocycles. The summed E-state index contributed by atoms with van der Waals surface area (Å²) in [5.41, 5.74) is 14.9. The topological polar surface area (TPSA) is 61.3 Å². The maximum atomic E-state index is 13.2.